The first-order valence-electron chi connectivity index (χ1n) is 12.9. The van der Waals surface area contributed by atoms with E-state index in [0.29, 0.717) is 38.9 Å². The summed E-state index contributed by atoms with van der Waals surface area (Å²) in [7, 11) is 0. The Morgan fingerprint density at radius 3 is 2.49 bits per heavy atom. The predicted octanol–water partition coefficient (Wildman–Crippen LogP) is 2.48. The van der Waals surface area contributed by atoms with Crippen molar-refractivity contribution in [1.82, 2.24) is 25.8 Å². The molecule has 1 aromatic carbocycles. The molecular formula is C27H39N5O5. The minimum Gasteiger partial charge on any atom is -0.444 e. The largest absolute Gasteiger partial charge is 0.444 e. The number of fused-ring (bicyclic) bond motifs is 1. The van der Waals surface area contributed by atoms with Gasteiger partial charge in [0.1, 0.15) is 18.2 Å². The fourth-order valence-corrected chi connectivity index (χ4v) is 4.36. The van der Waals surface area contributed by atoms with Gasteiger partial charge in [0.05, 0.1) is 0 Å². The van der Waals surface area contributed by atoms with Crippen molar-refractivity contribution in [1.29, 1.82) is 0 Å². The van der Waals surface area contributed by atoms with E-state index in [1.54, 1.807) is 25.7 Å². The van der Waals surface area contributed by atoms with Gasteiger partial charge >= 0.3 is 6.09 Å². The van der Waals surface area contributed by atoms with Crippen molar-refractivity contribution in [3.8, 4) is 0 Å². The number of alkyl carbamates (subject to hydrolysis) is 1. The third-order valence-corrected chi connectivity index (χ3v) is 6.28. The predicted molar refractivity (Wildman–Crippen MR) is 141 cm³/mol. The first kappa shape index (κ1) is 28.0. The second-order valence-corrected chi connectivity index (χ2v) is 10.4. The highest BCUT2D eigenvalue weighted by atomic mass is 16.6. The highest BCUT2D eigenvalue weighted by Gasteiger charge is 2.31. The number of rotatable bonds is 9. The van der Waals surface area contributed by atoms with Gasteiger partial charge < -0.3 is 30.6 Å². The molecule has 10 nitrogen and oxygen atoms in total. The zero-order chi connectivity index (χ0) is 27.0. The van der Waals surface area contributed by atoms with E-state index in [1.807, 2.05) is 37.4 Å². The maximum Gasteiger partial charge on any atom is 0.408 e. The summed E-state index contributed by atoms with van der Waals surface area (Å²) >= 11 is 0. The van der Waals surface area contributed by atoms with Gasteiger partial charge in [0, 0.05) is 49.1 Å². The van der Waals surface area contributed by atoms with Gasteiger partial charge in [0.15, 0.2) is 0 Å². The van der Waals surface area contributed by atoms with Crippen LogP contribution < -0.4 is 16.0 Å². The second-order valence-electron chi connectivity index (χ2n) is 10.4. The number of carbonyl (C=O) groups is 4. The van der Waals surface area contributed by atoms with Gasteiger partial charge in [0.25, 0.3) is 0 Å². The van der Waals surface area contributed by atoms with E-state index in [-0.39, 0.29) is 30.2 Å². The lowest BCUT2D eigenvalue weighted by Gasteiger charge is -2.32. The summed E-state index contributed by atoms with van der Waals surface area (Å²) < 4.78 is 5.16. The molecule has 2 aromatic rings. The van der Waals surface area contributed by atoms with Gasteiger partial charge in [-0.05, 0) is 51.7 Å². The van der Waals surface area contributed by atoms with Crippen molar-refractivity contribution in [3.63, 3.8) is 0 Å². The number of nitrogens with one attached hydrogen (secondary N) is 4. The van der Waals surface area contributed by atoms with Gasteiger partial charge in [0.2, 0.25) is 17.7 Å². The number of piperidine rings is 1. The maximum atomic E-state index is 13.1. The number of para-hydroxylation sites is 1. The van der Waals surface area contributed by atoms with Gasteiger partial charge in [-0.15, -0.1) is 0 Å². The molecule has 202 valence electrons. The van der Waals surface area contributed by atoms with Crippen LogP contribution in [-0.4, -0.2) is 71.5 Å². The molecule has 1 unspecified atom stereocenters. The molecule has 4 amide bonds. The molecule has 1 fully saturated rings. The summed E-state index contributed by atoms with van der Waals surface area (Å²) in [4.78, 5) is 55.2. The van der Waals surface area contributed by atoms with Crippen molar-refractivity contribution < 1.29 is 23.9 Å². The number of nitrogens with zero attached hydrogens (tertiary/aromatic N) is 1. The summed E-state index contributed by atoms with van der Waals surface area (Å²) in [5.74, 6) is -0.912. The zero-order valence-electron chi connectivity index (χ0n) is 22.2. The van der Waals surface area contributed by atoms with Gasteiger partial charge in [-0.25, -0.2) is 4.79 Å². The highest BCUT2D eigenvalue weighted by molar-refractivity contribution is 5.90. The first-order chi connectivity index (χ1) is 17.6. The summed E-state index contributed by atoms with van der Waals surface area (Å²) in [6.07, 6.45) is 3.39. The van der Waals surface area contributed by atoms with Crippen LogP contribution in [0.2, 0.25) is 0 Å². The third kappa shape index (κ3) is 8.23. The molecule has 1 atom stereocenters. The Kier molecular flexibility index (Phi) is 9.54. The van der Waals surface area contributed by atoms with Crippen LogP contribution in [0.1, 0.15) is 52.5 Å². The number of ether oxygens (including phenoxy) is 1. The van der Waals surface area contributed by atoms with Crippen molar-refractivity contribution in [3.05, 3.63) is 36.0 Å². The molecule has 1 aliphatic rings. The number of likely N-dealkylation sites (tertiary alicyclic amines) is 1. The van der Waals surface area contributed by atoms with Crippen LogP contribution in [0.15, 0.2) is 30.5 Å². The van der Waals surface area contributed by atoms with E-state index < -0.39 is 17.7 Å². The molecule has 0 aliphatic carbocycles. The number of aromatic amines is 1. The number of aromatic nitrogens is 1. The summed E-state index contributed by atoms with van der Waals surface area (Å²) in [6, 6.07) is 7.16. The quantitative estimate of drug-likeness (QED) is 0.409. The number of H-pyrrole nitrogens is 1. The number of carbonyl (C=O) groups excluding carboxylic acids is 4. The van der Waals surface area contributed by atoms with Crippen LogP contribution in [0.3, 0.4) is 0 Å². The van der Waals surface area contributed by atoms with E-state index in [2.05, 4.69) is 20.9 Å². The molecule has 4 N–H and O–H groups in total. The van der Waals surface area contributed by atoms with Crippen LogP contribution in [0.25, 0.3) is 10.9 Å². The van der Waals surface area contributed by atoms with Crippen molar-refractivity contribution in [2.75, 3.05) is 26.2 Å². The van der Waals surface area contributed by atoms with Crippen molar-refractivity contribution in [2.24, 2.45) is 5.92 Å². The highest BCUT2D eigenvalue weighted by Crippen LogP contribution is 2.21. The fraction of sp³-hybridized carbons (Fsp3) is 0.556. The number of hydrogen-bond acceptors (Lipinski definition) is 5. The Hall–Kier alpha value is -3.56. The molecule has 1 saturated heterocycles. The van der Waals surface area contributed by atoms with Crippen molar-refractivity contribution >= 4 is 34.7 Å². The molecule has 10 heteroatoms. The van der Waals surface area contributed by atoms with Gasteiger partial charge in [-0.3, -0.25) is 14.4 Å². The van der Waals surface area contributed by atoms with Gasteiger partial charge in [-0.1, -0.05) is 25.1 Å². The van der Waals surface area contributed by atoms with E-state index in [0.717, 1.165) is 22.9 Å². The van der Waals surface area contributed by atoms with Gasteiger partial charge in [-0.2, -0.15) is 0 Å². The van der Waals surface area contributed by atoms with Crippen molar-refractivity contribution in [2.45, 2.75) is 65.0 Å². The average Bonchev–Trinajstić information content (AvgIpc) is 3.27. The minimum atomic E-state index is -0.698. The lowest BCUT2D eigenvalue weighted by Crippen LogP contribution is -2.52. The Labute approximate surface area is 217 Å². The number of hydrogen-bond donors (Lipinski definition) is 4. The van der Waals surface area contributed by atoms with Crippen LogP contribution in [0.4, 0.5) is 4.79 Å². The Balaban J connectivity index is 1.54. The lowest BCUT2D eigenvalue weighted by molar-refractivity contribution is -0.136. The standard InChI is InChI=1S/C27H39N5O5/c1-5-12-28-25(35)22(15-19-16-29-21-9-7-6-8-20(19)21)31-24(34)18-10-13-32(14-11-18)23(33)17-30-26(36)37-27(2,3)4/h6-9,16,18,22,29H,5,10-15,17H2,1-4H3,(H,28,35)(H,30,36)(H,31,34). The Bertz CT molecular complexity index is 1100. The topological polar surface area (TPSA) is 133 Å². The monoisotopic (exact) mass is 513 g/mol. The summed E-state index contributed by atoms with van der Waals surface area (Å²) in [6.45, 7) is 8.43. The van der Waals surface area contributed by atoms with Crippen LogP contribution >= 0.6 is 0 Å². The molecule has 0 bridgehead atoms. The maximum absolute atomic E-state index is 13.1. The zero-order valence-corrected chi connectivity index (χ0v) is 22.2. The molecule has 0 radical (unpaired) electrons. The lowest BCUT2D eigenvalue weighted by atomic mass is 9.94. The Morgan fingerprint density at radius 2 is 1.81 bits per heavy atom. The summed E-state index contributed by atoms with van der Waals surface area (Å²) in [5.41, 5.74) is 1.30. The van der Waals surface area contributed by atoms with E-state index in [4.69, 9.17) is 4.74 Å². The normalized spacial score (nSPS) is 15.2. The molecular weight excluding hydrogens is 474 g/mol. The molecule has 0 saturated carbocycles. The number of benzene rings is 1. The number of amides is 4. The minimum absolute atomic E-state index is 0.157. The van der Waals surface area contributed by atoms with Crippen LogP contribution in [0.5, 0.6) is 0 Å². The summed E-state index contributed by atoms with van der Waals surface area (Å²) in [5, 5.41) is 9.37. The fourth-order valence-electron chi connectivity index (χ4n) is 4.36. The molecule has 2 heterocycles. The average molecular weight is 514 g/mol. The first-order valence-corrected chi connectivity index (χ1v) is 12.9. The molecule has 0 spiro atoms. The second kappa shape index (κ2) is 12.6. The van der Waals surface area contributed by atoms with Crippen LogP contribution in [0, 0.1) is 5.92 Å². The van der Waals surface area contributed by atoms with E-state index in [9.17, 15) is 19.2 Å². The smallest absolute Gasteiger partial charge is 0.408 e. The third-order valence-electron chi connectivity index (χ3n) is 6.28. The molecule has 37 heavy (non-hydrogen) atoms. The molecule has 1 aromatic heterocycles. The Morgan fingerprint density at radius 1 is 1.11 bits per heavy atom. The SMILES string of the molecule is CCCNC(=O)C(Cc1c[nH]c2ccccc12)NC(=O)C1CCN(C(=O)CNC(=O)OC(C)(C)C)CC1. The molecule has 3 rings (SSSR count). The van der Waals surface area contributed by atoms with E-state index in [1.165, 1.54) is 0 Å². The molecule has 1 aliphatic heterocycles. The van der Waals surface area contributed by atoms with Crippen LogP contribution in [-0.2, 0) is 25.5 Å². The van der Waals surface area contributed by atoms with E-state index >= 15 is 0 Å².